The number of esters is 1. The van der Waals surface area contributed by atoms with E-state index in [0.717, 1.165) is 77.0 Å². The van der Waals surface area contributed by atoms with Crippen molar-refractivity contribution in [1.29, 1.82) is 0 Å². The van der Waals surface area contributed by atoms with Gasteiger partial charge in [0, 0.05) is 12.8 Å². The topological polar surface area (TPSA) is 95.9 Å². The first-order valence-electron chi connectivity index (χ1n) is 27.8. The molecule has 0 aromatic heterocycles. The monoisotopic (exact) mass is 886 g/mol. The Balaban J connectivity index is 3.52. The molecule has 0 saturated carbocycles. The second-order valence-electron chi connectivity index (χ2n) is 18.9. The van der Waals surface area contributed by atoms with E-state index in [4.69, 9.17) is 4.74 Å². The van der Waals surface area contributed by atoms with E-state index in [2.05, 4.69) is 55.6 Å². The molecule has 1 amide bonds. The Labute approximate surface area is 392 Å². The van der Waals surface area contributed by atoms with Crippen LogP contribution in [0.2, 0.25) is 0 Å². The van der Waals surface area contributed by atoms with E-state index in [0.29, 0.717) is 25.9 Å². The molecule has 0 saturated heterocycles. The third kappa shape index (κ3) is 49.4. The predicted octanol–water partition coefficient (Wildman–Crippen LogP) is 16.9. The van der Waals surface area contributed by atoms with E-state index < -0.39 is 12.1 Å². The van der Waals surface area contributed by atoms with Crippen molar-refractivity contribution >= 4 is 11.9 Å². The molecule has 0 aliphatic carbocycles. The molecular formula is C57H107NO5. The fraction of sp³-hybridized carbons (Fsp3) is 0.860. The number of aliphatic hydroxyl groups excluding tert-OH is 2. The van der Waals surface area contributed by atoms with Gasteiger partial charge >= 0.3 is 5.97 Å². The molecule has 0 bridgehead atoms. The number of carbonyl (C=O) groups excluding carboxylic acids is 2. The van der Waals surface area contributed by atoms with Gasteiger partial charge in [0.25, 0.3) is 0 Å². The summed E-state index contributed by atoms with van der Waals surface area (Å²) in [5.41, 5.74) is 0. The quantitative estimate of drug-likeness (QED) is 0.0245. The van der Waals surface area contributed by atoms with Crippen LogP contribution in [0.4, 0.5) is 0 Å². The summed E-state index contributed by atoms with van der Waals surface area (Å²) >= 11 is 0. The zero-order valence-electron chi connectivity index (χ0n) is 42.1. The summed E-state index contributed by atoms with van der Waals surface area (Å²) in [6, 6.07) is -0.558. The molecule has 63 heavy (non-hydrogen) atoms. The smallest absolute Gasteiger partial charge is 0.305 e. The molecule has 2 unspecified atom stereocenters. The number of unbranched alkanes of at least 4 members (excludes halogenated alkanes) is 35. The van der Waals surface area contributed by atoms with Crippen molar-refractivity contribution in [2.24, 2.45) is 0 Å². The Kier molecular flexibility index (Phi) is 51.1. The fourth-order valence-corrected chi connectivity index (χ4v) is 8.39. The highest BCUT2D eigenvalue weighted by Gasteiger charge is 2.20. The highest BCUT2D eigenvalue weighted by atomic mass is 16.5. The van der Waals surface area contributed by atoms with Gasteiger partial charge in [-0.2, -0.15) is 0 Å². The van der Waals surface area contributed by atoms with Crippen molar-refractivity contribution < 1.29 is 24.5 Å². The Morgan fingerprint density at radius 2 is 0.794 bits per heavy atom. The van der Waals surface area contributed by atoms with E-state index in [1.54, 1.807) is 0 Å². The summed E-state index contributed by atoms with van der Waals surface area (Å²) in [7, 11) is 0. The van der Waals surface area contributed by atoms with Gasteiger partial charge in [0.15, 0.2) is 0 Å². The van der Waals surface area contributed by atoms with Gasteiger partial charge in [-0.3, -0.25) is 9.59 Å². The second-order valence-corrected chi connectivity index (χ2v) is 18.9. The van der Waals surface area contributed by atoms with Crippen LogP contribution >= 0.6 is 0 Å². The first-order chi connectivity index (χ1) is 31.0. The van der Waals surface area contributed by atoms with E-state index in [-0.39, 0.29) is 18.5 Å². The Hall–Kier alpha value is -1.92. The molecule has 2 atom stereocenters. The van der Waals surface area contributed by atoms with Crippen LogP contribution in [0.15, 0.2) is 36.5 Å². The SMILES string of the molecule is CCCCCCCCC/C=C\CCCCCCCC(=O)OCCCCC/C=C\C=C/CCCCCCCCC(=O)NC(CO)C(O)CCCCCCCCCCCCCCCCC. The summed E-state index contributed by atoms with van der Waals surface area (Å²) in [6.07, 6.45) is 64.1. The Morgan fingerprint density at radius 3 is 1.22 bits per heavy atom. The molecule has 0 fully saturated rings. The van der Waals surface area contributed by atoms with Crippen molar-refractivity contribution in [2.45, 2.75) is 302 Å². The third-order valence-corrected chi connectivity index (χ3v) is 12.7. The van der Waals surface area contributed by atoms with Crippen LogP contribution in [-0.2, 0) is 14.3 Å². The van der Waals surface area contributed by atoms with Crippen molar-refractivity contribution in [3.63, 3.8) is 0 Å². The summed E-state index contributed by atoms with van der Waals surface area (Å²) in [5, 5.41) is 23.2. The molecule has 6 heteroatoms. The molecule has 370 valence electrons. The normalized spacial score (nSPS) is 12.9. The number of hydrogen-bond acceptors (Lipinski definition) is 5. The first-order valence-corrected chi connectivity index (χ1v) is 27.8. The van der Waals surface area contributed by atoms with Gasteiger partial charge in [0.2, 0.25) is 5.91 Å². The number of ether oxygens (including phenoxy) is 1. The molecule has 0 aliphatic heterocycles. The molecule has 0 radical (unpaired) electrons. The summed E-state index contributed by atoms with van der Waals surface area (Å²) in [4.78, 5) is 24.5. The number of amides is 1. The lowest BCUT2D eigenvalue weighted by Gasteiger charge is -2.22. The number of nitrogens with one attached hydrogen (secondary N) is 1. The maximum atomic E-state index is 12.5. The molecule has 3 N–H and O–H groups in total. The van der Waals surface area contributed by atoms with Gasteiger partial charge in [-0.05, 0) is 83.5 Å². The van der Waals surface area contributed by atoms with E-state index in [9.17, 15) is 19.8 Å². The average Bonchev–Trinajstić information content (AvgIpc) is 3.28. The molecule has 0 aliphatic rings. The predicted molar refractivity (Wildman–Crippen MR) is 273 cm³/mol. The van der Waals surface area contributed by atoms with Gasteiger partial charge in [-0.25, -0.2) is 0 Å². The van der Waals surface area contributed by atoms with Crippen LogP contribution in [0.1, 0.15) is 290 Å². The van der Waals surface area contributed by atoms with Gasteiger partial charge in [-0.15, -0.1) is 0 Å². The summed E-state index contributed by atoms with van der Waals surface area (Å²) in [6.45, 7) is 4.89. The molecule has 0 rings (SSSR count). The van der Waals surface area contributed by atoms with Crippen LogP contribution in [0.25, 0.3) is 0 Å². The first kappa shape index (κ1) is 61.1. The standard InChI is InChI=1S/C57H107NO5/c1-3-5-7-9-11-13-15-17-19-23-27-31-35-39-43-47-51-57(62)63-52-48-44-40-36-32-28-24-20-22-26-30-34-38-42-46-50-56(61)58-54(53-59)55(60)49-45-41-37-33-29-25-21-18-16-14-12-10-8-6-4-2/h19-20,23-24,28,32,54-55,59-60H,3-18,21-22,25-27,29-31,33-53H2,1-2H3,(H,58,61)/b23-19-,24-20-,32-28-. The largest absolute Gasteiger partial charge is 0.466 e. The molecule has 0 aromatic rings. The molecular weight excluding hydrogens is 779 g/mol. The van der Waals surface area contributed by atoms with Crippen LogP contribution in [0.3, 0.4) is 0 Å². The molecule has 0 aromatic carbocycles. The molecule has 0 heterocycles. The van der Waals surface area contributed by atoms with Gasteiger partial charge < -0.3 is 20.3 Å². The van der Waals surface area contributed by atoms with Crippen molar-refractivity contribution in [3.8, 4) is 0 Å². The average molecular weight is 886 g/mol. The Bertz CT molecular complexity index is 1020. The minimum atomic E-state index is -0.679. The highest BCUT2D eigenvalue weighted by molar-refractivity contribution is 5.76. The van der Waals surface area contributed by atoms with Crippen LogP contribution in [0, 0.1) is 0 Å². The lowest BCUT2D eigenvalue weighted by atomic mass is 10.0. The fourth-order valence-electron chi connectivity index (χ4n) is 8.39. The number of rotatable bonds is 51. The highest BCUT2D eigenvalue weighted by Crippen LogP contribution is 2.16. The van der Waals surface area contributed by atoms with Crippen LogP contribution in [0.5, 0.6) is 0 Å². The minimum absolute atomic E-state index is 0.0292. The van der Waals surface area contributed by atoms with Crippen LogP contribution < -0.4 is 5.32 Å². The second kappa shape index (κ2) is 52.7. The summed E-state index contributed by atoms with van der Waals surface area (Å²) in [5.74, 6) is -0.0866. The number of aliphatic hydroxyl groups is 2. The maximum absolute atomic E-state index is 12.5. The van der Waals surface area contributed by atoms with E-state index in [1.165, 1.54) is 180 Å². The van der Waals surface area contributed by atoms with E-state index >= 15 is 0 Å². The zero-order chi connectivity index (χ0) is 45.8. The molecule has 0 spiro atoms. The number of carbonyl (C=O) groups is 2. The van der Waals surface area contributed by atoms with E-state index in [1.807, 2.05) is 0 Å². The summed E-state index contributed by atoms with van der Waals surface area (Å²) < 4.78 is 5.44. The lowest BCUT2D eigenvalue weighted by Crippen LogP contribution is -2.45. The van der Waals surface area contributed by atoms with Gasteiger partial charge in [0.1, 0.15) is 0 Å². The van der Waals surface area contributed by atoms with Gasteiger partial charge in [-0.1, -0.05) is 230 Å². The molecule has 6 nitrogen and oxygen atoms in total. The van der Waals surface area contributed by atoms with Crippen LogP contribution in [-0.4, -0.2) is 47.4 Å². The zero-order valence-corrected chi connectivity index (χ0v) is 42.1. The third-order valence-electron chi connectivity index (χ3n) is 12.7. The van der Waals surface area contributed by atoms with Crippen molar-refractivity contribution in [1.82, 2.24) is 5.32 Å². The van der Waals surface area contributed by atoms with Crippen molar-refractivity contribution in [3.05, 3.63) is 36.5 Å². The minimum Gasteiger partial charge on any atom is -0.466 e. The lowest BCUT2D eigenvalue weighted by molar-refractivity contribution is -0.143. The van der Waals surface area contributed by atoms with Crippen molar-refractivity contribution in [2.75, 3.05) is 13.2 Å². The number of hydrogen-bond donors (Lipinski definition) is 3. The maximum Gasteiger partial charge on any atom is 0.305 e. The van der Waals surface area contributed by atoms with Gasteiger partial charge in [0.05, 0.1) is 25.4 Å². The number of allylic oxidation sites excluding steroid dienone is 6. The Morgan fingerprint density at radius 1 is 0.444 bits per heavy atom.